The van der Waals surface area contributed by atoms with Gasteiger partial charge in [-0.2, -0.15) is 0 Å². The van der Waals surface area contributed by atoms with E-state index in [-0.39, 0.29) is 6.04 Å². The highest BCUT2D eigenvalue weighted by atomic mass is 79.9. The molecule has 1 aromatic rings. The van der Waals surface area contributed by atoms with E-state index in [0.29, 0.717) is 0 Å². The van der Waals surface area contributed by atoms with Gasteiger partial charge in [0.2, 0.25) is 0 Å². The molecule has 0 amide bonds. The molecule has 82 valence electrons. The van der Waals surface area contributed by atoms with E-state index in [4.69, 9.17) is 17.3 Å². The standard InChI is InChI=1S/C12H15BrClN/c1-8(2)3-6-12(15)10-7-9(13)4-5-11(10)14/h4-5,7,12H,1,3,6,15H2,2H3. The van der Waals surface area contributed by atoms with Crippen LogP contribution in [0.25, 0.3) is 0 Å². The lowest BCUT2D eigenvalue weighted by Crippen LogP contribution is -2.10. The molecule has 0 saturated heterocycles. The number of hydrogen-bond acceptors (Lipinski definition) is 1. The number of halogens is 2. The minimum absolute atomic E-state index is 0.0216. The fourth-order valence-corrected chi connectivity index (χ4v) is 1.99. The van der Waals surface area contributed by atoms with Crippen LogP contribution in [0.1, 0.15) is 31.4 Å². The first-order chi connectivity index (χ1) is 7.00. The van der Waals surface area contributed by atoms with Crippen LogP contribution >= 0.6 is 27.5 Å². The van der Waals surface area contributed by atoms with Crippen LogP contribution < -0.4 is 5.73 Å². The lowest BCUT2D eigenvalue weighted by Gasteiger charge is -2.14. The monoisotopic (exact) mass is 287 g/mol. The minimum Gasteiger partial charge on any atom is -0.324 e. The first kappa shape index (κ1) is 12.8. The predicted octanol–water partition coefficient (Wildman–Crippen LogP) is 4.46. The molecule has 0 saturated carbocycles. The number of allylic oxidation sites excluding steroid dienone is 1. The van der Waals surface area contributed by atoms with Crippen molar-refractivity contribution in [1.82, 2.24) is 0 Å². The Labute approximate surface area is 104 Å². The molecule has 0 bridgehead atoms. The van der Waals surface area contributed by atoms with Crippen LogP contribution in [0.15, 0.2) is 34.8 Å². The van der Waals surface area contributed by atoms with Crippen molar-refractivity contribution in [3.05, 3.63) is 45.4 Å². The molecule has 0 aliphatic heterocycles. The van der Waals surface area contributed by atoms with E-state index in [1.807, 2.05) is 25.1 Å². The second-order valence-corrected chi connectivity index (χ2v) is 5.09. The number of rotatable bonds is 4. The summed E-state index contributed by atoms with van der Waals surface area (Å²) in [5.41, 5.74) is 8.21. The van der Waals surface area contributed by atoms with Gasteiger partial charge in [-0.1, -0.05) is 33.1 Å². The number of hydrogen-bond donors (Lipinski definition) is 1. The largest absolute Gasteiger partial charge is 0.324 e. The maximum absolute atomic E-state index is 6.08. The summed E-state index contributed by atoms with van der Waals surface area (Å²) in [5, 5.41) is 0.729. The molecule has 3 heteroatoms. The average molecular weight is 289 g/mol. The summed E-state index contributed by atoms with van der Waals surface area (Å²) >= 11 is 9.50. The summed E-state index contributed by atoms with van der Waals surface area (Å²) in [7, 11) is 0. The van der Waals surface area contributed by atoms with Gasteiger partial charge in [0.15, 0.2) is 0 Å². The fraction of sp³-hybridized carbons (Fsp3) is 0.333. The highest BCUT2D eigenvalue weighted by molar-refractivity contribution is 9.10. The molecule has 1 aromatic carbocycles. The molecule has 0 aliphatic rings. The normalized spacial score (nSPS) is 12.5. The maximum Gasteiger partial charge on any atom is 0.0454 e. The molecular formula is C12H15BrClN. The zero-order valence-electron chi connectivity index (χ0n) is 8.76. The first-order valence-electron chi connectivity index (χ1n) is 4.85. The van der Waals surface area contributed by atoms with Gasteiger partial charge in [-0.05, 0) is 43.5 Å². The second kappa shape index (κ2) is 5.69. The van der Waals surface area contributed by atoms with Crippen LogP contribution in [0.4, 0.5) is 0 Å². The Balaban J connectivity index is 2.76. The zero-order valence-corrected chi connectivity index (χ0v) is 11.1. The smallest absolute Gasteiger partial charge is 0.0454 e. The summed E-state index contributed by atoms with van der Waals surface area (Å²) < 4.78 is 1.01. The summed E-state index contributed by atoms with van der Waals surface area (Å²) in [4.78, 5) is 0. The van der Waals surface area contributed by atoms with Crippen molar-refractivity contribution in [2.45, 2.75) is 25.8 Å². The van der Waals surface area contributed by atoms with Gasteiger partial charge < -0.3 is 5.73 Å². The van der Waals surface area contributed by atoms with E-state index in [2.05, 4.69) is 22.5 Å². The minimum atomic E-state index is -0.0216. The van der Waals surface area contributed by atoms with Crippen LogP contribution in [0, 0.1) is 0 Å². The quantitative estimate of drug-likeness (QED) is 0.813. The highest BCUT2D eigenvalue weighted by Gasteiger charge is 2.10. The third-order valence-corrected chi connectivity index (χ3v) is 3.08. The summed E-state index contributed by atoms with van der Waals surface area (Å²) in [5.74, 6) is 0. The van der Waals surface area contributed by atoms with Crippen molar-refractivity contribution in [1.29, 1.82) is 0 Å². The summed E-state index contributed by atoms with van der Waals surface area (Å²) in [6.45, 7) is 5.87. The summed E-state index contributed by atoms with van der Waals surface area (Å²) in [6, 6.07) is 5.73. The SMILES string of the molecule is C=C(C)CCC(N)c1cc(Br)ccc1Cl. The highest BCUT2D eigenvalue weighted by Crippen LogP contribution is 2.28. The summed E-state index contributed by atoms with van der Waals surface area (Å²) in [6.07, 6.45) is 1.81. The third-order valence-electron chi connectivity index (χ3n) is 2.24. The van der Waals surface area contributed by atoms with Gasteiger partial charge in [0, 0.05) is 15.5 Å². The molecule has 0 spiro atoms. The zero-order chi connectivity index (χ0) is 11.4. The Morgan fingerprint density at radius 3 is 2.87 bits per heavy atom. The molecule has 0 aliphatic carbocycles. The Kier molecular flexibility index (Phi) is 4.84. The van der Waals surface area contributed by atoms with Crippen molar-refractivity contribution < 1.29 is 0 Å². The van der Waals surface area contributed by atoms with Gasteiger partial charge in [0.1, 0.15) is 0 Å². The molecule has 0 heterocycles. The molecule has 2 N–H and O–H groups in total. The van der Waals surface area contributed by atoms with E-state index in [1.54, 1.807) is 0 Å². The van der Waals surface area contributed by atoms with Gasteiger partial charge >= 0.3 is 0 Å². The van der Waals surface area contributed by atoms with Gasteiger partial charge in [-0.25, -0.2) is 0 Å². The average Bonchev–Trinajstić information content (AvgIpc) is 2.18. The Morgan fingerprint density at radius 1 is 1.60 bits per heavy atom. The van der Waals surface area contributed by atoms with Crippen LogP contribution in [0.3, 0.4) is 0 Å². The molecule has 15 heavy (non-hydrogen) atoms. The molecule has 1 rings (SSSR count). The van der Waals surface area contributed by atoms with Crippen molar-refractivity contribution in [2.75, 3.05) is 0 Å². The predicted molar refractivity (Wildman–Crippen MR) is 70.1 cm³/mol. The van der Waals surface area contributed by atoms with Gasteiger partial charge in [0.05, 0.1) is 0 Å². The molecule has 1 nitrogen and oxygen atoms in total. The number of benzene rings is 1. The molecule has 1 atom stereocenters. The van der Waals surface area contributed by atoms with E-state index < -0.39 is 0 Å². The Hall–Kier alpha value is -0.310. The lowest BCUT2D eigenvalue weighted by molar-refractivity contribution is 0.649. The fourth-order valence-electron chi connectivity index (χ4n) is 1.36. The van der Waals surface area contributed by atoms with Gasteiger partial charge in [0.25, 0.3) is 0 Å². The van der Waals surface area contributed by atoms with Crippen LogP contribution in [0.5, 0.6) is 0 Å². The topological polar surface area (TPSA) is 26.0 Å². The van der Waals surface area contributed by atoms with Crippen LogP contribution in [-0.4, -0.2) is 0 Å². The van der Waals surface area contributed by atoms with Crippen molar-refractivity contribution in [2.24, 2.45) is 5.73 Å². The molecule has 0 fully saturated rings. The van der Waals surface area contributed by atoms with Crippen molar-refractivity contribution >= 4 is 27.5 Å². The van der Waals surface area contributed by atoms with Crippen LogP contribution in [-0.2, 0) is 0 Å². The molecular weight excluding hydrogens is 273 g/mol. The van der Waals surface area contributed by atoms with Crippen molar-refractivity contribution in [3.63, 3.8) is 0 Å². The third kappa shape index (κ3) is 3.98. The van der Waals surface area contributed by atoms with Gasteiger partial charge in [-0.3, -0.25) is 0 Å². The Morgan fingerprint density at radius 2 is 2.27 bits per heavy atom. The first-order valence-corrected chi connectivity index (χ1v) is 6.02. The number of nitrogens with two attached hydrogens (primary N) is 1. The molecule has 1 unspecified atom stereocenters. The van der Waals surface area contributed by atoms with Crippen molar-refractivity contribution in [3.8, 4) is 0 Å². The maximum atomic E-state index is 6.08. The van der Waals surface area contributed by atoms with Gasteiger partial charge in [-0.15, -0.1) is 6.58 Å². The second-order valence-electron chi connectivity index (χ2n) is 3.77. The van der Waals surface area contributed by atoms with E-state index >= 15 is 0 Å². The molecule has 0 radical (unpaired) electrons. The van der Waals surface area contributed by atoms with E-state index in [1.165, 1.54) is 0 Å². The van der Waals surface area contributed by atoms with E-state index in [0.717, 1.165) is 33.5 Å². The molecule has 0 aromatic heterocycles. The lowest BCUT2D eigenvalue weighted by atomic mass is 10.0. The van der Waals surface area contributed by atoms with Crippen LogP contribution in [0.2, 0.25) is 5.02 Å². The van der Waals surface area contributed by atoms with E-state index in [9.17, 15) is 0 Å². The Bertz CT molecular complexity index is 363.